The molecule has 0 saturated carbocycles. The molecule has 8 heteroatoms. The number of sulfone groups is 1. The van der Waals surface area contributed by atoms with E-state index >= 15 is 0 Å². The molecule has 6 nitrogen and oxygen atoms in total. The van der Waals surface area contributed by atoms with Gasteiger partial charge in [0.15, 0.2) is 15.0 Å². The number of ether oxygens (including phenoxy) is 1. The van der Waals surface area contributed by atoms with Crippen molar-refractivity contribution >= 4 is 42.4 Å². The predicted octanol–water partition coefficient (Wildman–Crippen LogP) is 4.87. The topological polar surface area (TPSA) is 76.6 Å². The van der Waals surface area contributed by atoms with Crippen molar-refractivity contribution in [3.8, 4) is 0 Å². The van der Waals surface area contributed by atoms with Gasteiger partial charge in [-0.05, 0) is 48.9 Å². The molecule has 0 N–H and O–H groups in total. The Bertz CT molecular complexity index is 1330. The van der Waals surface area contributed by atoms with Crippen molar-refractivity contribution in [2.24, 2.45) is 0 Å². The van der Waals surface area contributed by atoms with Crippen LogP contribution in [0.25, 0.3) is 10.2 Å². The van der Waals surface area contributed by atoms with E-state index in [0.29, 0.717) is 29.4 Å². The highest BCUT2D eigenvalue weighted by Crippen LogP contribution is 2.29. The van der Waals surface area contributed by atoms with Crippen LogP contribution in [0.2, 0.25) is 0 Å². The summed E-state index contributed by atoms with van der Waals surface area (Å²) < 4.78 is 31.7. The monoisotopic (exact) mass is 480 g/mol. The van der Waals surface area contributed by atoms with E-state index in [2.05, 4.69) is 4.98 Å². The van der Waals surface area contributed by atoms with Crippen molar-refractivity contribution in [1.82, 2.24) is 4.98 Å². The zero-order valence-electron chi connectivity index (χ0n) is 18.4. The molecular weight excluding hydrogens is 456 g/mol. The summed E-state index contributed by atoms with van der Waals surface area (Å²) >= 11 is 1.45. The van der Waals surface area contributed by atoms with E-state index in [1.165, 1.54) is 11.3 Å². The minimum absolute atomic E-state index is 0.129. The van der Waals surface area contributed by atoms with Gasteiger partial charge in [0.2, 0.25) is 0 Å². The average Bonchev–Trinajstić information content (AvgIpc) is 3.23. The van der Waals surface area contributed by atoms with Crippen LogP contribution in [0.4, 0.5) is 5.13 Å². The third kappa shape index (κ3) is 5.30. The first-order valence-electron chi connectivity index (χ1n) is 10.4. The molecule has 4 rings (SSSR count). The number of rotatable bonds is 8. The number of nitrogens with zero attached hydrogens (tertiary/aromatic N) is 2. The smallest absolute Gasteiger partial charge is 0.260 e. The summed E-state index contributed by atoms with van der Waals surface area (Å²) in [5, 5.41) is 0.601. The third-order valence-corrected chi connectivity index (χ3v) is 7.98. The molecule has 0 unspecified atom stereocenters. The highest BCUT2D eigenvalue weighted by molar-refractivity contribution is 7.90. The number of para-hydroxylation sites is 1. The number of benzene rings is 3. The van der Waals surface area contributed by atoms with Gasteiger partial charge >= 0.3 is 0 Å². The molecule has 1 aromatic heterocycles. The molecule has 170 valence electrons. The normalized spacial score (nSPS) is 11.6. The Morgan fingerprint density at radius 3 is 2.36 bits per heavy atom. The van der Waals surface area contributed by atoms with E-state index < -0.39 is 9.84 Å². The first kappa shape index (κ1) is 23.1. The van der Waals surface area contributed by atoms with E-state index in [1.54, 1.807) is 60.5 Å². The summed E-state index contributed by atoms with van der Waals surface area (Å²) in [5.74, 6) is -0.338. The molecule has 33 heavy (non-hydrogen) atoms. The lowest BCUT2D eigenvalue weighted by Gasteiger charge is -2.19. The van der Waals surface area contributed by atoms with Crippen LogP contribution < -0.4 is 4.90 Å². The molecule has 0 fully saturated rings. The van der Waals surface area contributed by atoms with Crippen LogP contribution in [0, 0.1) is 6.92 Å². The van der Waals surface area contributed by atoms with Crippen molar-refractivity contribution < 1.29 is 17.9 Å². The number of anilines is 1. The first-order valence-corrected chi connectivity index (χ1v) is 12.9. The SMILES string of the molecule is COCCN(C(=O)c1ccc(CS(=O)(=O)c2ccc(C)cc2)cc1)c1nc2ccccc2s1. The van der Waals surface area contributed by atoms with Crippen LogP contribution in [-0.2, 0) is 20.3 Å². The number of amides is 1. The van der Waals surface area contributed by atoms with Crippen molar-refractivity contribution in [3.05, 3.63) is 89.5 Å². The molecule has 0 atom stereocenters. The molecule has 0 aliphatic carbocycles. The maximum absolute atomic E-state index is 13.3. The molecule has 0 radical (unpaired) electrons. The summed E-state index contributed by atoms with van der Waals surface area (Å²) in [4.78, 5) is 19.8. The standard InChI is InChI=1S/C25H24N2O4S2/c1-18-7-13-21(14-8-18)33(29,30)17-19-9-11-20(12-10-19)24(28)27(15-16-31-2)25-26-22-5-3-4-6-23(22)32-25/h3-14H,15-17H2,1-2H3. The van der Waals surface area contributed by atoms with Crippen LogP contribution in [0.15, 0.2) is 77.7 Å². The molecule has 1 heterocycles. The minimum atomic E-state index is -3.47. The van der Waals surface area contributed by atoms with Gasteiger partial charge in [0.25, 0.3) is 5.91 Å². The van der Waals surface area contributed by atoms with Crippen LogP contribution in [0.1, 0.15) is 21.5 Å². The molecule has 0 spiro atoms. The van der Waals surface area contributed by atoms with Gasteiger partial charge < -0.3 is 4.74 Å². The van der Waals surface area contributed by atoms with Crippen LogP contribution >= 0.6 is 11.3 Å². The maximum atomic E-state index is 13.3. The first-order chi connectivity index (χ1) is 15.9. The number of hydrogen-bond donors (Lipinski definition) is 0. The Morgan fingerprint density at radius 2 is 1.70 bits per heavy atom. The second-order valence-electron chi connectivity index (χ2n) is 7.68. The van der Waals surface area contributed by atoms with Gasteiger partial charge in [-0.2, -0.15) is 0 Å². The molecule has 0 saturated heterocycles. The number of hydrogen-bond acceptors (Lipinski definition) is 6. The lowest BCUT2D eigenvalue weighted by atomic mass is 10.1. The third-order valence-electron chi connectivity index (χ3n) is 5.22. The predicted molar refractivity (Wildman–Crippen MR) is 132 cm³/mol. The second kappa shape index (κ2) is 9.82. The molecule has 0 aliphatic rings. The number of methoxy groups -OCH3 is 1. The van der Waals surface area contributed by atoms with E-state index in [9.17, 15) is 13.2 Å². The summed E-state index contributed by atoms with van der Waals surface area (Å²) in [6.07, 6.45) is 0. The van der Waals surface area contributed by atoms with E-state index in [1.807, 2.05) is 31.2 Å². The van der Waals surface area contributed by atoms with Crippen molar-refractivity contribution in [1.29, 1.82) is 0 Å². The van der Waals surface area contributed by atoms with Gasteiger partial charge in [-0.15, -0.1) is 0 Å². The Morgan fingerprint density at radius 1 is 1.00 bits per heavy atom. The van der Waals surface area contributed by atoms with Crippen molar-refractivity contribution in [3.63, 3.8) is 0 Å². The average molecular weight is 481 g/mol. The molecular formula is C25H24N2O4S2. The Kier molecular flexibility index (Phi) is 6.88. The fraction of sp³-hybridized carbons (Fsp3) is 0.200. The Hall–Kier alpha value is -3.07. The number of aromatic nitrogens is 1. The molecule has 3 aromatic carbocycles. The summed E-state index contributed by atoms with van der Waals surface area (Å²) in [6, 6.07) is 21.2. The number of thiazole rings is 1. The number of carbonyl (C=O) groups excluding carboxylic acids is 1. The molecule has 0 aliphatic heterocycles. The lowest BCUT2D eigenvalue weighted by Crippen LogP contribution is -2.33. The zero-order chi connectivity index (χ0) is 23.4. The van der Waals surface area contributed by atoms with Crippen molar-refractivity contribution in [2.45, 2.75) is 17.6 Å². The second-order valence-corrected chi connectivity index (χ2v) is 10.7. The van der Waals surface area contributed by atoms with Gasteiger partial charge in [-0.1, -0.05) is 53.3 Å². The summed E-state index contributed by atoms with van der Waals surface area (Å²) in [6.45, 7) is 2.64. The summed E-state index contributed by atoms with van der Waals surface area (Å²) in [7, 11) is -1.88. The Balaban J connectivity index is 1.55. The Labute approximate surface area is 197 Å². The van der Waals surface area contributed by atoms with E-state index in [4.69, 9.17) is 4.74 Å². The minimum Gasteiger partial charge on any atom is -0.383 e. The fourth-order valence-corrected chi connectivity index (χ4v) is 5.73. The maximum Gasteiger partial charge on any atom is 0.260 e. The number of carbonyl (C=O) groups is 1. The van der Waals surface area contributed by atoms with Crippen LogP contribution in [-0.4, -0.2) is 39.6 Å². The fourth-order valence-electron chi connectivity index (χ4n) is 3.39. The van der Waals surface area contributed by atoms with E-state index in [-0.39, 0.29) is 16.6 Å². The highest BCUT2D eigenvalue weighted by Gasteiger charge is 2.22. The molecule has 0 bridgehead atoms. The van der Waals surface area contributed by atoms with Gasteiger partial charge in [-0.25, -0.2) is 13.4 Å². The number of fused-ring (bicyclic) bond motifs is 1. The van der Waals surface area contributed by atoms with Crippen molar-refractivity contribution in [2.75, 3.05) is 25.2 Å². The molecule has 4 aromatic rings. The van der Waals surface area contributed by atoms with Gasteiger partial charge in [0.05, 0.1) is 34.0 Å². The van der Waals surface area contributed by atoms with E-state index in [0.717, 1.165) is 15.8 Å². The van der Waals surface area contributed by atoms with Gasteiger partial charge in [-0.3, -0.25) is 9.69 Å². The van der Waals surface area contributed by atoms with Gasteiger partial charge in [0.1, 0.15) is 0 Å². The molecule has 1 amide bonds. The van der Waals surface area contributed by atoms with Crippen LogP contribution in [0.5, 0.6) is 0 Å². The van der Waals surface area contributed by atoms with Crippen LogP contribution in [0.3, 0.4) is 0 Å². The largest absolute Gasteiger partial charge is 0.383 e. The lowest BCUT2D eigenvalue weighted by molar-refractivity contribution is 0.0976. The zero-order valence-corrected chi connectivity index (χ0v) is 20.0. The highest BCUT2D eigenvalue weighted by atomic mass is 32.2. The quantitative estimate of drug-likeness (QED) is 0.360. The summed E-state index contributed by atoms with van der Waals surface area (Å²) in [5.41, 5.74) is 2.92. The number of aryl methyl sites for hydroxylation is 1. The van der Waals surface area contributed by atoms with Gasteiger partial charge in [0, 0.05) is 12.7 Å².